The first-order valence-corrected chi connectivity index (χ1v) is 15.2. The Labute approximate surface area is 243 Å². The van der Waals surface area contributed by atoms with Crippen LogP contribution in [0, 0.1) is 11.3 Å². The van der Waals surface area contributed by atoms with E-state index in [9.17, 15) is 5.26 Å². The molecule has 0 N–H and O–H groups in total. The molecule has 0 radical (unpaired) electrons. The molecule has 0 bridgehead atoms. The molecule has 0 unspecified atom stereocenters. The fourth-order valence-corrected chi connectivity index (χ4v) is 8.82. The summed E-state index contributed by atoms with van der Waals surface area (Å²) >= 11 is 3.72. The van der Waals surface area contributed by atoms with E-state index in [-0.39, 0.29) is 0 Å². The molecule has 0 amide bonds. The van der Waals surface area contributed by atoms with Crippen LogP contribution in [0.25, 0.3) is 79.0 Å². The number of fused-ring (bicyclic) bond motifs is 9. The van der Waals surface area contributed by atoms with Gasteiger partial charge in [-0.05, 0) is 59.7 Å². The molecule has 0 aliphatic heterocycles. The molecule has 41 heavy (non-hydrogen) atoms. The lowest BCUT2D eigenvalue weighted by Gasteiger charge is -2.10. The minimum atomic E-state index is 0.681. The Balaban J connectivity index is 1.33. The number of nitrogens with zero attached hydrogens (tertiary/aromatic N) is 2. The van der Waals surface area contributed by atoms with E-state index in [1.54, 1.807) is 0 Å². The van der Waals surface area contributed by atoms with E-state index < -0.39 is 0 Å². The minimum absolute atomic E-state index is 0.681. The maximum Gasteiger partial charge on any atom is 0.0991 e. The quantitative estimate of drug-likeness (QED) is 0.208. The zero-order chi connectivity index (χ0) is 27.1. The first-order valence-electron chi connectivity index (χ1n) is 13.6. The van der Waals surface area contributed by atoms with Gasteiger partial charge in [0.25, 0.3) is 0 Å². The third-order valence-corrected chi connectivity index (χ3v) is 10.6. The van der Waals surface area contributed by atoms with Gasteiger partial charge in [-0.1, -0.05) is 72.8 Å². The Hall–Kier alpha value is -4.95. The molecule has 0 fully saturated rings. The van der Waals surface area contributed by atoms with Crippen LogP contribution < -0.4 is 0 Å². The Morgan fingerprint density at radius 3 is 2.22 bits per heavy atom. The number of hydrogen-bond donors (Lipinski definition) is 0. The molecule has 0 spiro atoms. The lowest BCUT2D eigenvalue weighted by atomic mass is 9.98. The maximum absolute atomic E-state index is 9.58. The number of benzene rings is 6. The molecule has 190 valence electrons. The van der Waals surface area contributed by atoms with Crippen molar-refractivity contribution in [1.29, 1.82) is 5.26 Å². The normalized spacial score (nSPS) is 11.9. The minimum Gasteiger partial charge on any atom is -0.308 e. The Morgan fingerprint density at radius 1 is 0.537 bits per heavy atom. The molecule has 3 heterocycles. The molecule has 4 heteroatoms. The van der Waals surface area contributed by atoms with Gasteiger partial charge >= 0.3 is 0 Å². The summed E-state index contributed by atoms with van der Waals surface area (Å²) in [5, 5.41) is 17.1. The highest BCUT2D eigenvalue weighted by molar-refractivity contribution is 7.26. The van der Waals surface area contributed by atoms with Gasteiger partial charge in [0.1, 0.15) is 0 Å². The van der Waals surface area contributed by atoms with E-state index >= 15 is 0 Å². The molecule has 0 saturated heterocycles. The Kier molecular flexibility index (Phi) is 4.74. The van der Waals surface area contributed by atoms with Gasteiger partial charge in [-0.3, -0.25) is 0 Å². The van der Waals surface area contributed by atoms with E-state index in [1.807, 2.05) is 34.8 Å². The largest absolute Gasteiger partial charge is 0.308 e. The number of hydrogen-bond acceptors (Lipinski definition) is 3. The van der Waals surface area contributed by atoms with Crippen LogP contribution in [0.4, 0.5) is 0 Å². The summed E-state index contributed by atoms with van der Waals surface area (Å²) < 4.78 is 7.57. The average molecular weight is 557 g/mol. The standard InChI is InChI=1S/C37H20N2S2/c38-21-22-15-18-31-29(19-22)25-7-1-3-11-30(25)39(31)32-12-5-10-28-36-24(9-6-14-34(36)41-37(28)32)23-16-17-27-26-8-2-4-13-33(26)40-35(27)20-23/h1-20H. The molecule has 2 nitrogen and oxygen atoms in total. The molecule has 0 saturated carbocycles. The van der Waals surface area contributed by atoms with Crippen molar-refractivity contribution >= 4 is 84.8 Å². The van der Waals surface area contributed by atoms with Crippen LogP contribution >= 0.6 is 22.7 Å². The van der Waals surface area contributed by atoms with Gasteiger partial charge in [0.05, 0.1) is 33.1 Å². The average Bonchev–Trinajstić information content (AvgIpc) is 3.69. The van der Waals surface area contributed by atoms with Crippen LogP contribution in [0.5, 0.6) is 0 Å². The Bertz CT molecular complexity index is 2550. The molecule has 0 aliphatic rings. The smallest absolute Gasteiger partial charge is 0.0991 e. The van der Waals surface area contributed by atoms with Crippen molar-refractivity contribution in [2.45, 2.75) is 0 Å². The van der Waals surface area contributed by atoms with Gasteiger partial charge in [0.2, 0.25) is 0 Å². The van der Waals surface area contributed by atoms with Crippen molar-refractivity contribution in [1.82, 2.24) is 4.57 Å². The summed E-state index contributed by atoms with van der Waals surface area (Å²) in [6.07, 6.45) is 0. The van der Waals surface area contributed by atoms with E-state index in [2.05, 4.69) is 120 Å². The highest BCUT2D eigenvalue weighted by Gasteiger charge is 2.18. The number of aromatic nitrogens is 1. The predicted molar refractivity (Wildman–Crippen MR) is 177 cm³/mol. The second-order valence-corrected chi connectivity index (χ2v) is 12.6. The first kappa shape index (κ1) is 22.8. The van der Waals surface area contributed by atoms with Gasteiger partial charge < -0.3 is 4.57 Å². The Morgan fingerprint density at radius 2 is 1.29 bits per heavy atom. The van der Waals surface area contributed by atoms with Crippen LogP contribution in [-0.2, 0) is 0 Å². The molecule has 0 atom stereocenters. The third-order valence-electron chi connectivity index (χ3n) is 8.23. The van der Waals surface area contributed by atoms with Crippen molar-refractivity contribution in [3.63, 3.8) is 0 Å². The van der Waals surface area contributed by atoms with Crippen LogP contribution in [-0.4, -0.2) is 4.57 Å². The van der Waals surface area contributed by atoms with E-state index in [4.69, 9.17) is 0 Å². The van der Waals surface area contributed by atoms with Crippen molar-refractivity contribution in [2.24, 2.45) is 0 Å². The molecule has 9 rings (SSSR count). The first-order chi connectivity index (χ1) is 20.3. The lowest BCUT2D eigenvalue weighted by molar-refractivity contribution is 1.20. The zero-order valence-electron chi connectivity index (χ0n) is 21.8. The maximum atomic E-state index is 9.58. The van der Waals surface area contributed by atoms with Gasteiger partial charge in [0, 0.05) is 46.4 Å². The SMILES string of the molecule is N#Cc1ccc2c(c1)c1ccccc1n2-c1cccc2c1sc1cccc(-c3ccc4c(c3)sc3ccccc34)c12. The summed E-state index contributed by atoms with van der Waals surface area (Å²) in [5.74, 6) is 0. The molecular weight excluding hydrogens is 537 g/mol. The van der Waals surface area contributed by atoms with Crippen LogP contribution in [0.3, 0.4) is 0 Å². The monoisotopic (exact) mass is 556 g/mol. The van der Waals surface area contributed by atoms with Crippen LogP contribution in [0.15, 0.2) is 121 Å². The van der Waals surface area contributed by atoms with Crippen molar-refractivity contribution in [3.05, 3.63) is 127 Å². The van der Waals surface area contributed by atoms with Crippen LogP contribution in [0.2, 0.25) is 0 Å². The topological polar surface area (TPSA) is 28.7 Å². The summed E-state index contributed by atoms with van der Waals surface area (Å²) in [6, 6.07) is 45.8. The molecule has 0 aliphatic carbocycles. The van der Waals surface area contributed by atoms with Gasteiger partial charge in [-0.25, -0.2) is 0 Å². The fraction of sp³-hybridized carbons (Fsp3) is 0. The molecule has 6 aromatic carbocycles. The summed E-state index contributed by atoms with van der Waals surface area (Å²) in [4.78, 5) is 0. The zero-order valence-corrected chi connectivity index (χ0v) is 23.4. The van der Waals surface area contributed by atoms with E-state index in [0.717, 1.165) is 21.8 Å². The summed E-state index contributed by atoms with van der Waals surface area (Å²) in [6.45, 7) is 0. The third kappa shape index (κ3) is 3.22. The van der Waals surface area contributed by atoms with Gasteiger partial charge in [-0.15, -0.1) is 22.7 Å². The van der Waals surface area contributed by atoms with Gasteiger partial charge in [0.15, 0.2) is 0 Å². The number of thiophene rings is 2. The van der Waals surface area contributed by atoms with E-state index in [1.165, 1.54) is 57.2 Å². The number of nitriles is 1. The lowest BCUT2D eigenvalue weighted by Crippen LogP contribution is -1.93. The van der Waals surface area contributed by atoms with Crippen LogP contribution in [0.1, 0.15) is 5.56 Å². The highest BCUT2D eigenvalue weighted by atomic mass is 32.1. The molecular formula is C37H20N2S2. The number of para-hydroxylation sites is 1. The molecule has 9 aromatic rings. The highest BCUT2D eigenvalue weighted by Crippen LogP contribution is 2.45. The molecule has 3 aromatic heterocycles. The number of rotatable bonds is 2. The van der Waals surface area contributed by atoms with Crippen molar-refractivity contribution in [3.8, 4) is 22.9 Å². The van der Waals surface area contributed by atoms with E-state index in [0.29, 0.717) is 5.56 Å². The summed E-state index contributed by atoms with van der Waals surface area (Å²) in [5.41, 5.74) is 6.64. The second-order valence-electron chi connectivity index (χ2n) is 10.4. The predicted octanol–water partition coefficient (Wildman–Crippen LogP) is 11.1. The van der Waals surface area contributed by atoms with Crippen molar-refractivity contribution < 1.29 is 0 Å². The van der Waals surface area contributed by atoms with Crippen molar-refractivity contribution in [2.75, 3.05) is 0 Å². The second kappa shape index (κ2) is 8.52. The summed E-state index contributed by atoms with van der Waals surface area (Å²) in [7, 11) is 0. The van der Waals surface area contributed by atoms with Gasteiger partial charge in [-0.2, -0.15) is 5.26 Å². The fourth-order valence-electron chi connectivity index (χ4n) is 6.44.